The molecule has 0 saturated carbocycles. The molecule has 38 heavy (non-hydrogen) atoms. The summed E-state index contributed by atoms with van der Waals surface area (Å²) < 4.78 is 5.48. The minimum absolute atomic E-state index is 0.209. The zero-order chi connectivity index (χ0) is 26.3. The van der Waals surface area contributed by atoms with Gasteiger partial charge in [-0.1, -0.05) is 24.3 Å². The number of likely N-dealkylation sites (tertiary alicyclic amines) is 1. The molecule has 4 aliphatic heterocycles. The predicted molar refractivity (Wildman–Crippen MR) is 138 cm³/mol. The lowest BCUT2D eigenvalue weighted by atomic mass is 9.87. The normalized spacial score (nSPS) is 24.4. The van der Waals surface area contributed by atoms with E-state index < -0.39 is 17.6 Å². The molecule has 0 bridgehead atoms. The van der Waals surface area contributed by atoms with Crippen LogP contribution in [0.15, 0.2) is 36.4 Å². The van der Waals surface area contributed by atoms with Gasteiger partial charge in [0.25, 0.3) is 5.91 Å². The van der Waals surface area contributed by atoms with E-state index in [1.165, 1.54) is 16.0 Å². The summed E-state index contributed by atoms with van der Waals surface area (Å²) in [6.07, 6.45) is 3.82. The van der Waals surface area contributed by atoms with Crippen molar-refractivity contribution < 1.29 is 24.2 Å². The number of benzene rings is 1. The molecule has 9 heteroatoms. The lowest BCUT2D eigenvalue weighted by molar-refractivity contribution is -0.136. The van der Waals surface area contributed by atoms with E-state index in [1.54, 1.807) is 12.1 Å². The summed E-state index contributed by atoms with van der Waals surface area (Å²) in [6, 6.07) is 11.7. The fraction of sp³-hybridized carbons (Fsp3) is 0.517. The number of carbonyl (C=O) groups excluding carboxylic acids is 3. The van der Waals surface area contributed by atoms with Crippen LogP contribution >= 0.6 is 0 Å². The van der Waals surface area contributed by atoms with Crippen LogP contribution in [0.2, 0.25) is 0 Å². The van der Waals surface area contributed by atoms with Gasteiger partial charge >= 0.3 is 0 Å². The zero-order valence-electron chi connectivity index (χ0n) is 21.5. The molecular formula is C29H34N4O5. The lowest BCUT2D eigenvalue weighted by Gasteiger charge is -2.38. The highest BCUT2D eigenvalue weighted by Gasteiger charge is 2.41. The number of nitrogens with one attached hydrogen (secondary N) is 1. The van der Waals surface area contributed by atoms with Gasteiger partial charge in [-0.3, -0.25) is 29.6 Å². The first kappa shape index (κ1) is 25.2. The Labute approximate surface area is 222 Å². The summed E-state index contributed by atoms with van der Waals surface area (Å²) in [7, 11) is 0. The number of piperidine rings is 2. The molecule has 0 aliphatic carbocycles. The molecule has 0 spiro atoms. The van der Waals surface area contributed by atoms with E-state index in [0.717, 1.165) is 45.7 Å². The molecule has 200 valence electrons. The molecule has 3 amide bonds. The first-order valence-corrected chi connectivity index (χ1v) is 13.7. The number of fused-ring (bicyclic) bond motifs is 1. The summed E-state index contributed by atoms with van der Waals surface area (Å²) in [5.41, 5.74) is 3.23. The molecule has 3 fully saturated rings. The van der Waals surface area contributed by atoms with E-state index in [9.17, 15) is 19.5 Å². The third-order valence-corrected chi connectivity index (χ3v) is 8.61. The highest BCUT2D eigenvalue weighted by molar-refractivity contribution is 6.05. The SMILES string of the molecule is O=C1CCC(N2Cc3nc(C4(O)CCN(Cc5ccc(C6CCOCC6)cc5)CC4)ccc3C2=O)C(=O)N1. The smallest absolute Gasteiger partial charge is 0.256 e. The van der Waals surface area contributed by atoms with E-state index >= 15 is 0 Å². The second kappa shape index (κ2) is 10.2. The summed E-state index contributed by atoms with van der Waals surface area (Å²) in [5, 5.41) is 13.8. The van der Waals surface area contributed by atoms with Gasteiger partial charge in [0.15, 0.2) is 0 Å². The van der Waals surface area contributed by atoms with Crippen LogP contribution in [-0.4, -0.2) is 70.0 Å². The van der Waals surface area contributed by atoms with Crippen molar-refractivity contribution in [3.63, 3.8) is 0 Å². The molecular weight excluding hydrogens is 484 g/mol. The van der Waals surface area contributed by atoms with Crippen molar-refractivity contribution in [1.82, 2.24) is 20.1 Å². The number of nitrogens with zero attached hydrogens (tertiary/aromatic N) is 3. The van der Waals surface area contributed by atoms with Crippen LogP contribution < -0.4 is 5.32 Å². The fourth-order valence-electron chi connectivity index (χ4n) is 6.22. The van der Waals surface area contributed by atoms with Crippen LogP contribution in [0.3, 0.4) is 0 Å². The van der Waals surface area contributed by atoms with Gasteiger partial charge in [0, 0.05) is 39.3 Å². The van der Waals surface area contributed by atoms with Crippen LogP contribution in [0.5, 0.6) is 0 Å². The Kier molecular flexibility index (Phi) is 6.75. The van der Waals surface area contributed by atoms with Crippen molar-refractivity contribution in [1.29, 1.82) is 0 Å². The number of hydrogen-bond acceptors (Lipinski definition) is 7. The maximum atomic E-state index is 13.0. The van der Waals surface area contributed by atoms with Crippen molar-refractivity contribution in [2.24, 2.45) is 0 Å². The van der Waals surface area contributed by atoms with Gasteiger partial charge < -0.3 is 14.7 Å². The molecule has 2 N–H and O–H groups in total. The molecule has 0 radical (unpaired) electrons. The van der Waals surface area contributed by atoms with Crippen LogP contribution in [0, 0.1) is 0 Å². The molecule has 4 aliphatic rings. The molecule has 9 nitrogen and oxygen atoms in total. The minimum atomic E-state index is -1.05. The Bertz CT molecular complexity index is 1230. The predicted octanol–water partition coefficient (Wildman–Crippen LogP) is 2.22. The first-order chi connectivity index (χ1) is 18.4. The standard InChI is InChI=1S/C29H34N4O5/c34-26-8-6-24(27(35)31-26)33-18-23-22(28(33)36)5-7-25(30-23)29(37)11-13-32(14-12-29)17-19-1-3-20(4-2-19)21-9-15-38-16-10-21/h1-5,7,21,24,37H,6,8-18H2,(H,31,34,35). The van der Waals surface area contributed by atoms with Crippen LogP contribution in [0.4, 0.5) is 0 Å². The molecule has 2 aromatic rings. The van der Waals surface area contributed by atoms with Gasteiger partial charge in [-0.05, 0) is 61.3 Å². The Morgan fingerprint density at radius 1 is 1.00 bits per heavy atom. The van der Waals surface area contributed by atoms with E-state index in [4.69, 9.17) is 9.72 Å². The van der Waals surface area contributed by atoms with Crippen molar-refractivity contribution in [3.05, 3.63) is 64.5 Å². The summed E-state index contributed by atoms with van der Waals surface area (Å²) in [6.45, 7) is 4.24. The van der Waals surface area contributed by atoms with E-state index in [0.29, 0.717) is 42.1 Å². The number of aromatic nitrogens is 1. The fourth-order valence-corrected chi connectivity index (χ4v) is 6.22. The number of imide groups is 1. The number of carbonyl (C=O) groups is 3. The highest BCUT2D eigenvalue weighted by atomic mass is 16.5. The molecule has 1 aromatic carbocycles. The van der Waals surface area contributed by atoms with Crippen molar-refractivity contribution in [3.8, 4) is 0 Å². The Morgan fingerprint density at radius 2 is 1.74 bits per heavy atom. The summed E-state index contributed by atoms with van der Waals surface area (Å²) in [5.74, 6) is -0.407. The monoisotopic (exact) mass is 518 g/mol. The number of pyridine rings is 1. The van der Waals surface area contributed by atoms with Gasteiger partial charge in [-0.15, -0.1) is 0 Å². The van der Waals surface area contributed by atoms with E-state index in [2.05, 4.69) is 34.5 Å². The molecule has 1 unspecified atom stereocenters. The van der Waals surface area contributed by atoms with Crippen LogP contribution in [0.1, 0.15) is 77.3 Å². The summed E-state index contributed by atoms with van der Waals surface area (Å²) >= 11 is 0. The zero-order valence-corrected chi connectivity index (χ0v) is 21.5. The number of amides is 3. The van der Waals surface area contributed by atoms with Gasteiger partial charge in [-0.2, -0.15) is 0 Å². The third kappa shape index (κ3) is 4.86. The largest absolute Gasteiger partial charge is 0.383 e. The van der Waals surface area contributed by atoms with Crippen LogP contribution in [-0.2, 0) is 33.0 Å². The average Bonchev–Trinajstić information content (AvgIpc) is 3.26. The highest BCUT2D eigenvalue weighted by Crippen LogP contribution is 2.35. The van der Waals surface area contributed by atoms with Gasteiger partial charge in [0.2, 0.25) is 11.8 Å². The number of aliphatic hydroxyl groups is 1. The Balaban J connectivity index is 1.07. The second-order valence-electron chi connectivity index (χ2n) is 11.0. The maximum Gasteiger partial charge on any atom is 0.256 e. The number of rotatable bonds is 5. The molecule has 5 heterocycles. The molecule has 1 atom stereocenters. The Morgan fingerprint density at radius 3 is 2.45 bits per heavy atom. The minimum Gasteiger partial charge on any atom is -0.383 e. The summed E-state index contributed by atoms with van der Waals surface area (Å²) in [4.78, 5) is 45.3. The maximum absolute atomic E-state index is 13.0. The topological polar surface area (TPSA) is 112 Å². The van der Waals surface area contributed by atoms with E-state index in [-0.39, 0.29) is 24.8 Å². The van der Waals surface area contributed by atoms with Crippen molar-refractivity contribution in [2.75, 3.05) is 26.3 Å². The third-order valence-electron chi connectivity index (χ3n) is 8.61. The van der Waals surface area contributed by atoms with Crippen molar-refractivity contribution >= 4 is 17.7 Å². The molecule has 1 aromatic heterocycles. The van der Waals surface area contributed by atoms with Gasteiger partial charge in [-0.25, -0.2) is 0 Å². The van der Waals surface area contributed by atoms with E-state index in [1.807, 2.05) is 0 Å². The quantitative estimate of drug-likeness (QED) is 0.584. The second-order valence-corrected chi connectivity index (χ2v) is 11.0. The number of hydrogen-bond donors (Lipinski definition) is 2. The van der Waals surface area contributed by atoms with Crippen LogP contribution in [0.25, 0.3) is 0 Å². The molecule has 3 saturated heterocycles. The average molecular weight is 519 g/mol. The van der Waals surface area contributed by atoms with Gasteiger partial charge in [0.1, 0.15) is 11.6 Å². The van der Waals surface area contributed by atoms with Gasteiger partial charge in [0.05, 0.1) is 23.5 Å². The number of ether oxygens (including phenoxy) is 1. The Hall–Kier alpha value is -3.14. The first-order valence-electron chi connectivity index (χ1n) is 13.7. The van der Waals surface area contributed by atoms with Crippen molar-refractivity contribution in [2.45, 2.75) is 69.2 Å². The molecule has 6 rings (SSSR count). The lowest BCUT2D eigenvalue weighted by Crippen LogP contribution is -2.52.